The molecule has 0 aliphatic carbocycles. The summed E-state index contributed by atoms with van der Waals surface area (Å²) in [5.41, 5.74) is 13.5. The Balaban J connectivity index is 1.74. The molecule has 10 N–H and O–H groups in total. The third kappa shape index (κ3) is 10.3. The Bertz CT molecular complexity index is 1530. The maximum Gasteiger partial charge on any atom is 0.272 e. The summed E-state index contributed by atoms with van der Waals surface area (Å²) in [6.45, 7) is 12.5. The number of rotatable bonds is 16. The highest BCUT2D eigenvalue weighted by atomic mass is 16.2. The first kappa shape index (κ1) is 37.1. The highest BCUT2D eigenvalue weighted by Crippen LogP contribution is 2.22. The van der Waals surface area contributed by atoms with Gasteiger partial charge in [-0.05, 0) is 74.9 Å². The lowest BCUT2D eigenvalue weighted by atomic mass is 10.1. The summed E-state index contributed by atoms with van der Waals surface area (Å²) in [4.78, 5) is 51.6. The maximum absolute atomic E-state index is 13.4. The molecule has 258 valence electrons. The predicted molar refractivity (Wildman–Crippen MR) is 190 cm³/mol. The summed E-state index contributed by atoms with van der Waals surface area (Å²) < 4.78 is 3.56. The summed E-state index contributed by atoms with van der Waals surface area (Å²) in [5, 5.41) is 26.3. The van der Waals surface area contributed by atoms with Gasteiger partial charge in [-0.3, -0.25) is 30.0 Å². The molecule has 3 rings (SSSR count). The van der Waals surface area contributed by atoms with Gasteiger partial charge in [-0.25, -0.2) is 0 Å². The number of amides is 4. The minimum Gasteiger partial charge on any atom is -0.387 e. The van der Waals surface area contributed by atoms with E-state index in [-0.39, 0.29) is 23.5 Å². The number of hydrogen-bond donors (Lipinski definition) is 8. The number of nitrogens with zero attached hydrogens (tertiary/aromatic N) is 2. The Hall–Kier alpha value is -5.40. The zero-order valence-electron chi connectivity index (χ0n) is 28.4. The molecule has 14 nitrogen and oxygen atoms in total. The smallest absolute Gasteiger partial charge is 0.272 e. The molecule has 2 atom stereocenters. The molecule has 2 unspecified atom stereocenters. The molecular formula is C34H48N10O4. The molecule has 0 saturated carbocycles. The molecule has 0 saturated heterocycles. The number of anilines is 4. The maximum atomic E-state index is 13.4. The number of aryl methyl sites for hydroxylation is 2. The fourth-order valence-corrected chi connectivity index (χ4v) is 4.51. The molecule has 3 aromatic rings. The van der Waals surface area contributed by atoms with Crippen molar-refractivity contribution < 1.29 is 19.2 Å². The van der Waals surface area contributed by atoms with Crippen LogP contribution in [-0.4, -0.2) is 44.4 Å². The third-order valence-corrected chi connectivity index (χ3v) is 7.81. The summed E-state index contributed by atoms with van der Waals surface area (Å²) in [6, 6.07) is 9.83. The van der Waals surface area contributed by atoms with Gasteiger partial charge in [-0.2, -0.15) is 0 Å². The highest BCUT2D eigenvalue weighted by molar-refractivity contribution is 6.09. The van der Waals surface area contributed by atoms with Gasteiger partial charge in [0, 0.05) is 36.9 Å². The van der Waals surface area contributed by atoms with Crippen LogP contribution in [0.2, 0.25) is 0 Å². The average molecular weight is 661 g/mol. The molecule has 0 spiro atoms. The lowest BCUT2D eigenvalue weighted by Crippen LogP contribution is -2.31. The number of nitrogens with two attached hydrogens (primary N) is 2. The SMILES string of the molecule is CC(C)CCn1cc(NC(=O)C(C)C(=N)N)cc1C(=O)Nc1ccc(NC(=O)c2cc(NC(=O)C(C)C(=N)N)cn2CCC(C)C)cc1. The molecule has 0 radical (unpaired) electrons. The number of aromatic nitrogens is 2. The van der Waals surface area contributed by atoms with E-state index in [0.29, 0.717) is 59.1 Å². The van der Waals surface area contributed by atoms with Crippen molar-refractivity contribution in [3.63, 3.8) is 0 Å². The number of carbonyl (C=O) groups excluding carboxylic acids is 4. The monoisotopic (exact) mass is 660 g/mol. The molecule has 2 aromatic heterocycles. The van der Waals surface area contributed by atoms with Crippen LogP contribution in [0.1, 0.15) is 75.4 Å². The fourth-order valence-electron chi connectivity index (χ4n) is 4.51. The number of amidine groups is 2. The molecule has 48 heavy (non-hydrogen) atoms. The average Bonchev–Trinajstić information content (AvgIpc) is 3.62. The van der Waals surface area contributed by atoms with Crippen LogP contribution in [0.15, 0.2) is 48.8 Å². The second kappa shape index (κ2) is 16.4. The topological polar surface area (TPSA) is 226 Å². The van der Waals surface area contributed by atoms with E-state index in [2.05, 4.69) is 49.0 Å². The van der Waals surface area contributed by atoms with Gasteiger partial charge < -0.3 is 41.9 Å². The lowest BCUT2D eigenvalue weighted by molar-refractivity contribution is -0.118. The molecule has 0 aliphatic rings. The van der Waals surface area contributed by atoms with Crippen LogP contribution in [0.5, 0.6) is 0 Å². The first-order valence-electron chi connectivity index (χ1n) is 16.0. The Morgan fingerprint density at radius 1 is 0.604 bits per heavy atom. The number of benzene rings is 1. The fraction of sp³-hybridized carbons (Fsp3) is 0.412. The van der Waals surface area contributed by atoms with Gasteiger partial charge in [0.25, 0.3) is 11.8 Å². The summed E-state index contributed by atoms with van der Waals surface area (Å²) >= 11 is 0. The number of nitrogens with one attached hydrogen (secondary N) is 6. The summed E-state index contributed by atoms with van der Waals surface area (Å²) in [6.07, 6.45) is 5.01. The Labute approximate surface area is 281 Å². The van der Waals surface area contributed by atoms with Crippen molar-refractivity contribution in [3.8, 4) is 0 Å². The largest absolute Gasteiger partial charge is 0.387 e. The number of hydrogen-bond acceptors (Lipinski definition) is 6. The van der Waals surface area contributed by atoms with Gasteiger partial charge >= 0.3 is 0 Å². The van der Waals surface area contributed by atoms with Crippen LogP contribution in [-0.2, 0) is 22.7 Å². The summed E-state index contributed by atoms with van der Waals surface area (Å²) in [5.74, 6) is -2.99. The molecule has 1 aromatic carbocycles. The highest BCUT2D eigenvalue weighted by Gasteiger charge is 2.21. The summed E-state index contributed by atoms with van der Waals surface area (Å²) in [7, 11) is 0. The number of carbonyl (C=O) groups is 4. The van der Waals surface area contributed by atoms with Crippen LogP contribution >= 0.6 is 0 Å². The van der Waals surface area contributed by atoms with Crippen molar-refractivity contribution in [1.29, 1.82) is 10.8 Å². The first-order valence-corrected chi connectivity index (χ1v) is 16.0. The normalized spacial score (nSPS) is 12.3. The molecule has 0 aliphatic heterocycles. The molecule has 0 bridgehead atoms. The molecule has 2 heterocycles. The van der Waals surface area contributed by atoms with E-state index in [1.165, 1.54) is 13.8 Å². The molecule has 4 amide bonds. The van der Waals surface area contributed by atoms with Crippen molar-refractivity contribution in [2.24, 2.45) is 35.1 Å². The van der Waals surface area contributed by atoms with E-state index in [1.54, 1.807) is 57.9 Å². The van der Waals surface area contributed by atoms with Crippen LogP contribution in [0.25, 0.3) is 0 Å². The quantitative estimate of drug-likeness (QED) is 0.0786. The van der Waals surface area contributed by atoms with E-state index in [4.69, 9.17) is 22.3 Å². The third-order valence-electron chi connectivity index (χ3n) is 7.81. The standard InChI is InChI=1S/C34H48N10O4/c1-19(2)11-13-43-17-25(41-31(45)21(5)29(35)36)15-27(43)33(47)39-23-7-9-24(10-8-23)40-34(48)28-16-26(18-44(28)14-12-20(3)4)42-32(46)22(6)30(37)38/h7-10,15-22H,11-14H2,1-6H3,(H3,35,36)(H3,37,38)(H,39,47)(H,40,48)(H,41,45)(H,42,46). The Morgan fingerprint density at radius 2 is 0.938 bits per heavy atom. The van der Waals surface area contributed by atoms with Crippen LogP contribution < -0.4 is 32.7 Å². The van der Waals surface area contributed by atoms with E-state index in [1.807, 2.05) is 0 Å². The minimum atomic E-state index is -0.811. The Kier molecular flexibility index (Phi) is 12.7. The first-order chi connectivity index (χ1) is 22.5. The van der Waals surface area contributed by atoms with Gasteiger partial charge in [-0.15, -0.1) is 0 Å². The van der Waals surface area contributed by atoms with Crippen molar-refractivity contribution >= 4 is 58.0 Å². The molecule has 14 heteroatoms. The van der Waals surface area contributed by atoms with Gasteiger partial charge in [-0.1, -0.05) is 27.7 Å². The van der Waals surface area contributed by atoms with Gasteiger partial charge in [0.05, 0.1) is 23.2 Å². The second-order valence-electron chi connectivity index (χ2n) is 12.8. The minimum absolute atomic E-state index is 0.251. The second-order valence-corrected chi connectivity index (χ2v) is 12.8. The van der Waals surface area contributed by atoms with Gasteiger partial charge in [0.1, 0.15) is 23.1 Å². The zero-order chi connectivity index (χ0) is 35.7. The van der Waals surface area contributed by atoms with E-state index in [0.717, 1.165) is 12.8 Å². The van der Waals surface area contributed by atoms with E-state index >= 15 is 0 Å². The van der Waals surface area contributed by atoms with Crippen LogP contribution in [0, 0.1) is 34.5 Å². The molecule has 0 fully saturated rings. The van der Waals surface area contributed by atoms with Crippen molar-refractivity contribution in [3.05, 3.63) is 60.2 Å². The van der Waals surface area contributed by atoms with Crippen LogP contribution in [0.4, 0.5) is 22.7 Å². The van der Waals surface area contributed by atoms with Gasteiger partial charge in [0.2, 0.25) is 11.8 Å². The van der Waals surface area contributed by atoms with Crippen LogP contribution in [0.3, 0.4) is 0 Å². The van der Waals surface area contributed by atoms with E-state index in [9.17, 15) is 19.2 Å². The van der Waals surface area contributed by atoms with E-state index < -0.39 is 23.7 Å². The van der Waals surface area contributed by atoms with Crippen molar-refractivity contribution in [1.82, 2.24) is 9.13 Å². The van der Waals surface area contributed by atoms with Crippen molar-refractivity contribution in [2.75, 3.05) is 21.3 Å². The van der Waals surface area contributed by atoms with Crippen molar-refractivity contribution in [2.45, 2.75) is 67.5 Å². The lowest BCUT2D eigenvalue weighted by Gasteiger charge is -2.12. The Morgan fingerprint density at radius 3 is 1.23 bits per heavy atom. The van der Waals surface area contributed by atoms with Gasteiger partial charge in [0.15, 0.2) is 0 Å². The molecular weight excluding hydrogens is 612 g/mol. The zero-order valence-corrected chi connectivity index (χ0v) is 28.4. The predicted octanol–water partition coefficient (Wildman–Crippen LogP) is 4.91.